The number of piperidine rings is 1. The van der Waals surface area contributed by atoms with Gasteiger partial charge in [0.2, 0.25) is 0 Å². The Kier molecular flexibility index (Phi) is 5.05. The second kappa shape index (κ2) is 7.84. The molecule has 8 heteroatoms. The van der Waals surface area contributed by atoms with Gasteiger partial charge >= 0.3 is 0 Å². The third kappa shape index (κ3) is 3.67. The fourth-order valence-electron chi connectivity index (χ4n) is 4.59. The molecule has 2 aliphatic rings. The van der Waals surface area contributed by atoms with Gasteiger partial charge in [0.05, 0.1) is 13.2 Å². The summed E-state index contributed by atoms with van der Waals surface area (Å²) in [6.07, 6.45) is 4.53. The van der Waals surface area contributed by atoms with Crippen molar-refractivity contribution in [3.05, 3.63) is 58.1 Å². The lowest BCUT2D eigenvalue weighted by molar-refractivity contribution is 0.157. The number of aromatic nitrogens is 6. The highest BCUT2D eigenvalue weighted by Gasteiger charge is 2.28. The normalized spacial score (nSPS) is 17.7. The quantitative estimate of drug-likeness (QED) is 0.606. The zero-order valence-electron chi connectivity index (χ0n) is 16.9. The van der Waals surface area contributed by atoms with Gasteiger partial charge in [0.15, 0.2) is 4.77 Å². The van der Waals surface area contributed by atoms with E-state index in [1.54, 1.807) is 0 Å². The molecule has 0 aliphatic carbocycles. The van der Waals surface area contributed by atoms with Gasteiger partial charge < -0.3 is 4.57 Å². The van der Waals surface area contributed by atoms with Gasteiger partial charge in [0.1, 0.15) is 17.5 Å². The first-order chi connectivity index (χ1) is 14.2. The van der Waals surface area contributed by atoms with Gasteiger partial charge in [0, 0.05) is 32.0 Å². The van der Waals surface area contributed by atoms with E-state index in [9.17, 15) is 0 Å². The van der Waals surface area contributed by atoms with Crippen LogP contribution in [0.4, 0.5) is 0 Å². The van der Waals surface area contributed by atoms with E-state index in [1.165, 1.54) is 23.6 Å². The fourth-order valence-corrected chi connectivity index (χ4v) is 4.88. The molecule has 0 amide bonds. The van der Waals surface area contributed by atoms with Crippen LogP contribution in [0.3, 0.4) is 0 Å². The Bertz CT molecular complexity index is 1040. The van der Waals surface area contributed by atoms with E-state index < -0.39 is 0 Å². The van der Waals surface area contributed by atoms with Crippen LogP contribution < -0.4 is 0 Å². The summed E-state index contributed by atoms with van der Waals surface area (Å²) in [6.45, 7) is 6.73. The molecule has 0 N–H and O–H groups in total. The number of rotatable bonds is 5. The third-order valence-electron chi connectivity index (χ3n) is 6.22. The van der Waals surface area contributed by atoms with Crippen molar-refractivity contribution >= 4 is 12.2 Å². The molecule has 0 bridgehead atoms. The maximum atomic E-state index is 5.74. The summed E-state index contributed by atoms with van der Waals surface area (Å²) in [6, 6.07) is 10.4. The van der Waals surface area contributed by atoms with Crippen LogP contribution in [0.1, 0.15) is 48.2 Å². The molecule has 1 fully saturated rings. The van der Waals surface area contributed by atoms with Gasteiger partial charge in [-0.15, -0.1) is 10.2 Å². The van der Waals surface area contributed by atoms with Crippen molar-refractivity contribution in [2.45, 2.75) is 58.3 Å². The van der Waals surface area contributed by atoms with E-state index in [0.717, 1.165) is 62.7 Å². The van der Waals surface area contributed by atoms with Crippen molar-refractivity contribution < 1.29 is 0 Å². The number of benzene rings is 1. The van der Waals surface area contributed by atoms with Crippen molar-refractivity contribution in [2.24, 2.45) is 0 Å². The molecule has 152 valence electrons. The molecule has 3 aromatic rings. The minimum absolute atomic E-state index is 0.524. The maximum Gasteiger partial charge on any atom is 0.199 e. The summed E-state index contributed by atoms with van der Waals surface area (Å²) < 4.78 is 7.24. The van der Waals surface area contributed by atoms with E-state index in [4.69, 9.17) is 17.3 Å². The molecule has 2 aliphatic heterocycles. The lowest BCUT2D eigenvalue weighted by Gasteiger charge is -2.31. The molecule has 0 unspecified atom stereocenters. The first-order valence-corrected chi connectivity index (χ1v) is 10.9. The second-order valence-electron chi connectivity index (χ2n) is 8.16. The number of fused-ring (bicyclic) bond motifs is 1. The highest BCUT2D eigenvalue weighted by Crippen LogP contribution is 2.29. The molecule has 29 heavy (non-hydrogen) atoms. The molecule has 4 heterocycles. The summed E-state index contributed by atoms with van der Waals surface area (Å²) in [5.74, 6) is 3.87. The predicted octanol–water partition coefficient (Wildman–Crippen LogP) is 3.15. The van der Waals surface area contributed by atoms with Crippen LogP contribution in [0, 0.1) is 11.7 Å². The molecule has 1 aromatic carbocycles. The number of likely N-dealkylation sites (tertiary alicyclic amines) is 1. The van der Waals surface area contributed by atoms with Crippen molar-refractivity contribution in [3.8, 4) is 0 Å². The molecule has 0 saturated carbocycles. The van der Waals surface area contributed by atoms with E-state index in [2.05, 4.69) is 48.5 Å². The molecule has 5 rings (SSSR count). The highest BCUT2D eigenvalue weighted by atomic mass is 32.1. The van der Waals surface area contributed by atoms with Crippen LogP contribution >= 0.6 is 12.2 Å². The largest absolute Gasteiger partial charge is 0.315 e. The van der Waals surface area contributed by atoms with E-state index in [-0.39, 0.29) is 0 Å². The Labute approximate surface area is 176 Å². The second-order valence-corrected chi connectivity index (χ2v) is 8.53. The van der Waals surface area contributed by atoms with Crippen LogP contribution in [0.15, 0.2) is 30.3 Å². The zero-order chi connectivity index (χ0) is 19.8. The standard InChI is InChI=1S/C21H27N7S/c1-16-24-28(21(29)27(16)14-17-6-3-2-4-7-17)15-25-12-9-18(10-13-25)20-23-22-19-8-5-11-26(19)20/h2-4,6-7,18H,5,8-15H2,1H3. The smallest absolute Gasteiger partial charge is 0.199 e. The van der Waals surface area contributed by atoms with E-state index in [1.807, 2.05) is 17.7 Å². The first kappa shape index (κ1) is 18.7. The Morgan fingerprint density at radius 1 is 1.07 bits per heavy atom. The minimum Gasteiger partial charge on any atom is -0.315 e. The number of hydrogen-bond acceptors (Lipinski definition) is 5. The van der Waals surface area contributed by atoms with Gasteiger partial charge in [0.25, 0.3) is 0 Å². The molecule has 0 atom stereocenters. The van der Waals surface area contributed by atoms with Crippen LogP contribution in [-0.4, -0.2) is 47.1 Å². The van der Waals surface area contributed by atoms with Crippen molar-refractivity contribution in [1.82, 2.24) is 34.0 Å². The third-order valence-corrected chi connectivity index (χ3v) is 6.65. The summed E-state index contributed by atoms with van der Waals surface area (Å²) in [7, 11) is 0. The average Bonchev–Trinajstić information content (AvgIpc) is 3.42. The van der Waals surface area contributed by atoms with Gasteiger partial charge in [-0.2, -0.15) is 5.10 Å². The first-order valence-electron chi connectivity index (χ1n) is 10.5. The SMILES string of the molecule is Cc1nn(CN2CCC(c3nnc4n3CCC4)CC2)c(=S)n1Cc1ccccc1. The van der Waals surface area contributed by atoms with Gasteiger partial charge in [-0.25, -0.2) is 4.68 Å². The summed E-state index contributed by atoms with van der Waals surface area (Å²) in [5.41, 5.74) is 1.24. The lowest BCUT2D eigenvalue weighted by atomic mass is 9.96. The average molecular weight is 410 g/mol. The molecule has 0 radical (unpaired) electrons. The number of nitrogens with zero attached hydrogens (tertiary/aromatic N) is 7. The van der Waals surface area contributed by atoms with Crippen LogP contribution in [0.25, 0.3) is 0 Å². The van der Waals surface area contributed by atoms with Crippen LogP contribution in [-0.2, 0) is 26.2 Å². The van der Waals surface area contributed by atoms with Gasteiger partial charge in [-0.1, -0.05) is 30.3 Å². The summed E-state index contributed by atoms with van der Waals surface area (Å²) >= 11 is 5.74. The van der Waals surface area contributed by atoms with E-state index in [0.29, 0.717) is 5.92 Å². The Hall–Kier alpha value is -2.32. The molecular weight excluding hydrogens is 382 g/mol. The highest BCUT2D eigenvalue weighted by molar-refractivity contribution is 7.71. The zero-order valence-corrected chi connectivity index (χ0v) is 17.7. The lowest BCUT2D eigenvalue weighted by Crippen LogP contribution is -2.35. The van der Waals surface area contributed by atoms with Gasteiger partial charge in [-0.05, 0) is 44.0 Å². The minimum atomic E-state index is 0.524. The molecule has 7 nitrogen and oxygen atoms in total. The monoisotopic (exact) mass is 409 g/mol. The molecule has 2 aromatic heterocycles. The summed E-state index contributed by atoms with van der Waals surface area (Å²) in [4.78, 5) is 2.45. The summed E-state index contributed by atoms with van der Waals surface area (Å²) in [5, 5.41) is 13.6. The number of hydrogen-bond donors (Lipinski definition) is 0. The Balaban J connectivity index is 1.24. The fraction of sp³-hybridized carbons (Fsp3) is 0.524. The van der Waals surface area contributed by atoms with E-state index >= 15 is 0 Å². The maximum absolute atomic E-state index is 5.74. The van der Waals surface area contributed by atoms with Crippen molar-refractivity contribution in [3.63, 3.8) is 0 Å². The number of aryl methyl sites for hydroxylation is 2. The van der Waals surface area contributed by atoms with Crippen LogP contribution in [0.2, 0.25) is 0 Å². The Morgan fingerprint density at radius 2 is 1.86 bits per heavy atom. The predicted molar refractivity (Wildman–Crippen MR) is 113 cm³/mol. The van der Waals surface area contributed by atoms with Crippen molar-refractivity contribution in [1.29, 1.82) is 0 Å². The molecular formula is C21H27N7S. The van der Waals surface area contributed by atoms with Crippen LogP contribution in [0.5, 0.6) is 0 Å². The topological polar surface area (TPSA) is 56.7 Å². The molecule has 1 saturated heterocycles. The Morgan fingerprint density at radius 3 is 2.66 bits per heavy atom. The van der Waals surface area contributed by atoms with Gasteiger partial charge in [-0.3, -0.25) is 9.47 Å². The van der Waals surface area contributed by atoms with Crippen molar-refractivity contribution in [2.75, 3.05) is 13.1 Å². The molecule has 0 spiro atoms.